The van der Waals surface area contributed by atoms with Gasteiger partial charge in [0.15, 0.2) is 0 Å². The molecule has 0 fully saturated rings. The van der Waals surface area contributed by atoms with Crippen molar-refractivity contribution in [2.75, 3.05) is 6.54 Å². The zero-order valence-electron chi connectivity index (χ0n) is 13.9. The third-order valence-corrected chi connectivity index (χ3v) is 4.05. The van der Waals surface area contributed by atoms with Gasteiger partial charge < -0.3 is 15.7 Å². The first-order valence-electron chi connectivity index (χ1n) is 7.78. The number of rotatable bonds is 5. The van der Waals surface area contributed by atoms with Gasteiger partial charge in [0.25, 0.3) is 0 Å². The van der Waals surface area contributed by atoms with Crippen LogP contribution in [0, 0.1) is 0 Å². The molecule has 0 aliphatic carbocycles. The molecule has 0 aliphatic rings. The highest BCUT2D eigenvalue weighted by molar-refractivity contribution is 6.35. The van der Waals surface area contributed by atoms with Gasteiger partial charge in [-0.15, -0.1) is 0 Å². The standard InChI is InChI=1S/C18H16ClF3N2O3/c19-14-8-6-12(7-9-14)10-23-15(25)16(26)24-11-17(27,18(20,21)22)13-4-2-1-3-5-13/h1-9,27H,10-11H2,(H,23,25)(H,24,26). The number of amides is 2. The topological polar surface area (TPSA) is 78.4 Å². The summed E-state index contributed by atoms with van der Waals surface area (Å²) < 4.78 is 40.0. The quantitative estimate of drug-likeness (QED) is 0.675. The van der Waals surface area contributed by atoms with Crippen LogP contribution in [-0.2, 0) is 21.7 Å². The molecule has 0 bridgehead atoms. The molecule has 2 amide bonds. The molecule has 9 heteroatoms. The summed E-state index contributed by atoms with van der Waals surface area (Å²) in [5.74, 6) is -2.41. The maximum absolute atomic E-state index is 13.3. The van der Waals surface area contributed by atoms with Crippen molar-refractivity contribution in [3.63, 3.8) is 0 Å². The molecule has 2 rings (SSSR count). The van der Waals surface area contributed by atoms with Gasteiger partial charge >= 0.3 is 18.0 Å². The number of hydrogen-bond acceptors (Lipinski definition) is 3. The van der Waals surface area contributed by atoms with Gasteiger partial charge in [-0.05, 0) is 23.3 Å². The molecule has 3 N–H and O–H groups in total. The Bertz CT molecular complexity index is 798. The van der Waals surface area contributed by atoms with Gasteiger partial charge in [0.1, 0.15) is 0 Å². The monoisotopic (exact) mass is 400 g/mol. The highest BCUT2D eigenvalue weighted by Crippen LogP contribution is 2.38. The molecule has 0 saturated carbocycles. The van der Waals surface area contributed by atoms with Crippen LogP contribution in [0.2, 0.25) is 5.02 Å². The van der Waals surface area contributed by atoms with E-state index < -0.39 is 35.7 Å². The van der Waals surface area contributed by atoms with Gasteiger partial charge in [-0.25, -0.2) is 0 Å². The predicted octanol–water partition coefficient (Wildman–Crippen LogP) is 2.52. The van der Waals surface area contributed by atoms with Crippen LogP contribution in [0.5, 0.6) is 0 Å². The van der Waals surface area contributed by atoms with Crippen LogP contribution >= 0.6 is 11.6 Å². The van der Waals surface area contributed by atoms with Crippen LogP contribution in [0.3, 0.4) is 0 Å². The van der Waals surface area contributed by atoms with E-state index in [1.54, 1.807) is 24.3 Å². The Morgan fingerprint density at radius 1 is 0.926 bits per heavy atom. The first kappa shape index (κ1) is 20.7. The summed E-state index contributed by atoms with van der Waals surface area (Å²) in [5, 5.41) is 14.7. The van der Waals surface area contributed by atoms with E-state index in [1.807, 2.05) is 5.32 Å². The number of carbonyl (C=O) groups is 2. The Kier molecular flexibility index (Phi) is 6.45. The number of alkyl halides is 3. The number of aliphatic hydroxyl groups is 1. The first-order valence-corrected chi connectivity index (χ1v) is 8.16. The third kappa shape index (κ3) is 5.21. The second-order valence-corrected chi connectivity index (χ2v) is 6.15. The number of nitrogens with one attached hydrogen (secondary N) is 2. The van der Waals surface area contributed by atoms with Crippen LogP contribution in [0.25, 0.3) is 0 Å². The molecule has 0 spiro atoms. The van der Waals surface area contributed by atoms with Gasteiger partial charge in [0.05, 0.1) is 6.54 Å². The lowest BCUT2D eigenvalue weighted by atomic mass is 9.93. The molecule has 0 aromatic heterocycles. The summed E-state index contributed by atoms with van der Waals surface area (Å²) in [4.78, 5) is 23.6. The summed E-state index contributed by atoms with van der Waals surface area (Å²) in [6.45, 7) is -1.21. The van der Waals surface area contributed by atoms with Crippen molar-refractivity contribution in [3.8, 4) is 0 Å². The average Bonchev–Trinajstić information content (AvgIpc) is 2.64. The number of benzene rings is 2. The minimum atomic E-state index is -5.05. The smallest absolute Gasteiger partial charge is 0.375 e. The molecule has 0 saturated heterocycles. The summed E-state index contributed by atoms with van der Waals surface area (Å²) in [6.07, 6.45) is -5.05. The van der Waals surface area contributed by atoms with Crippen molar-refractivity contribution >= 4 is 23.4 Å². The maximum atomic E-state index is 13.3. The lowest BCUT2D eigenvalue weighted by Gasteiger charge is -2.31. The second-order valence-electron chi connectivity index (χ2n) is 5.72. The lowest BCUT2D eigenvalue weighted by Crippen LogP contribution is -2.53. The predicted molar refractivity (Wildman–Crippen MR) is 92.7 cm³/mol. The van der Waals surface area contributed by atoms with Gasteiger partial charge in [0.2, 0.25) is 5.60 Å². The molecule has 144 valence electrons. The number of halogens is 4. The molecular weight excluding hydrogens is 385 g/mol. The van der Waals surface area contributed by atoms with E-state index >= 15 is 0 Å². The van der Waals surface area contributed by atoms with Crippen LogP contribution in [-0.4, -0.2) is 29.6 Å². The minimum Gasteiger partial charge on any atom is -0.375 e. The van der Waals surface area contributed by atoms with E-state index in [2.05, 4.69) is 5.32 Å². The fourth-order valence-electron chi connectivity index (χ4n) is 2.23. The first-order chi connectivity index (χ1) is 12.6. The van der Waals surface area contributed by atoms with Crippen molar-refractivity contribution in [1.82, 2.24) is 10.6 Å². The van der Waals surface area contributed by atoms with E-state index in [9.17, 15) is 27.9 Å². The fourth-order valence-corrected chi connectivity index (χ4v) is 2.36. The van der Waals surface area contributed by atoms with E-state index in [1.165, 1.54) is 18.2 Å². The highest BCUT2D eigenvalue weighted by atomic mass is 35.5. The maximum Gasteiger partial charge on any atom is 0.423 e. The number of hydrogen-bond donors (Lipinski definition) is 3. The van der Waals surface area contributed by atoms with E-state index in [0.717, 1.165) is 12.1 Å². The van der Waals surface area contributed by atoms with Crippen molar-refractivity contribution < 1.29 is 27.9 Å². The molecule has 27 heavy (non-hydrogen) atoms. The normalized spacial score (nSPS) is 13.5. The van der Waals surface area contributed by atoms with Crippen molar-refractivity contribution in [3.05, 3.63) is 70.7 Å². The van der Waals surface area contributed by atoms with E-state index in [0.29, 0.717) is 10.6 Å². The van der Waals surface area contributed by atoms with Crippen LogP contribution in [0.1, 0.15) is 11.1 Å². The fraction of sp³-hybridized carbons (Fsp3) is 0.222. The van der Waals surface area contributed by atoms with Gasteiger partial charge in [-0.3, -0.25) is 9.59 Å². The molecule has 0 heterocycles. The second kappa shape index (κ2) is 8.41. The van der Waals surface area contributed by atoms with Crippen LogP contribution in [0.4, 0.5) is 13.2 Å². The highest BCUT2D eigenvalue weighted by Gasteiger charge is 2.55. The van der Waals surface area contributed by atoms with Crippen LogP contribution in [0.15, 0.2) is 54.6 Å². The van der Waals surface area contributed by atoms with Gasteiger partial charge in [0, 0.05) is 11.6 Å². The minimum absolute atomic E-state index is 0.00829. The SMILES string of the molecule is O=C(NCc1ccc(Cl)cc1)C(=O)NCC(O)(c1ccccc1)C(F)(F)F. The van der Waals surface area contributed by atoms with Gasteiger partial charge in [-0.2, -0.15) is 13.2 Å². The summed E-state index contributed by atoms with van der Waals surface area (Å²) in [5.41, 5.74) is -3.11. The van der Waals surface area contributed by atoms with Gasteiger partial charge in [-0.1, -0.05) is 54.1 Å². The van der Waals surface area contributed by atoms with Crippen molar-refractivity contribution in [2.45, 2.75) is 18.3 Å². The summed E-state index contributed by atoms with van der Waals surface area (Å²) in [7, 11) is 0. The third-order valence-electron chi connectivity index (χ3n) is 3.80. The Labute approximate surface area is 158 Å². The summed E-state index contributed by atoms with van der Waals surface area (Å²) >= 11 is 5.73. The van der Waals surface area contributed by atoms with E-state index in [4.69, 9.17) is 11.6 Å². The molecular formula is C18H16ClF3N2O3. The Hall–Kier alpha value is -2.58. The zero-order chi connectivity index (χ0) is 20.1. The molecule has 1 atom stereocenters. The largest absolute Gasteiger partial charge is 0.423 e. The molecule has 5 nitrogen and oxygen atoms in total. The zero-order valence-corrected chi connectivity index (χ0v) is 14.6. The molecule has 0 aliphatic heterocycles. The van der Waals surface area contributed by atoms with Crippen LogP contribution < -0.4 is 10.6 Å². The van der Waals surface area contributed by atoms with Crippen molar-refractivity contribution in [2.24, 2.45) is 0 Å². The Morgan fingerprint density at radius 2 is 1.48 bits per heavy atom. The number of carbonyl (C=O) groups excluding carboxylic acids is 2. The lowest BCUT2D eigenvalue weighted by molar-refractivity contribution is -0.264. The molecule has 1 unspecified atom stereocenters. The van der Waals surface area contributed by atoms with Crippen molar-refractivity contribution in [1.29, 1.82) is 0 Å². The average molecular weight is 401 g/mol. The molecule has 2 aromatic carbocycles. The Morgan fingerprint density at radius 3 is 2.04 bits per heavy atom. The summed E-state index contributed by atoms with van der Waals surface area (Å²) in [6, 6.07) is 12.7. The Balaban J connectivity index is 1.99. The van der Waals surface area contributed by atoms with E-state index in [-0.39, 0.29) is 6.54 Å². The molecule has 2 aromatic rings. The molecule has 0 radical (unpaired) electrons.